The molecule has 0 aromatic carbocycles. The van der Waals surface area contributed by atoms with Crippen LogP contribution in [-0.2, 0) is 4.74 Å². The molecule has 1 aliphatic heterocycles. The number of amides is 1. The maximum atomic E-state index is 11.6. The van der Waals surface area contributed by atoms with Crippen molar-refractivity contribution in [2.75, 3.05) is 24.5 Å². The molecule has 0 radical (unpaired) electrons. The molecule has 3 aromatic rings. The predicted molar refractivity (Wildman–Crippen MR) is 99.3 cm³/mol. The highest BCUT2D eigenvalue weighted by atomic mass is 16.6. The summed E-state index contributed by atoms with van der Waals surface area (Å²) >= 11 is 0. The lowest BCUT2D eigenvalue weighted by Gasteiger charge is -2.33. The lowest BCUT2D eigenvalue weighted by molar-refractivity contribution is 0.0841. The Morgan fingerprint density at radius 3 is 3.04 bits per heavy atom. The number of ether oxygens (including phenoxy) is 1. The molecule has 4 rings (SSSR count). The monoisotopic (exact) mass is 365 g/mol. The summed E-state index contributed by atoms with van der Waals surface area (Å²) in [4.78, 5) is 30.5. The third kappa shape index (κ3) is 3.33. The van der Waals surface area contributed by atoms with Gasteiger partial charge in [-0.25, -0.2) is 19.7 Å². The Morgan fingerprint density at radius 2 is 2.26 bits per heavy atom. The molecular weight excluding hydrogens is 346 g/mol. The lowest BCUT2D eigenvalue weighted by atomic mass is 10.1. The van der Waals surface area contributed by atoms with Crippen LogP contribution in [0.5, 0.6) is 0 Å². The van der Waals surface area contributed by atoms with Gasteiger partial charge in [0.2, 0.25) is 0 Å². The molecular formula is C18H19N7O2. The molecule has 3 aromatic heterocycles. The summed E-state index contributed by atoms with van der Waals surface area (Å²) in [5.41, 5.74) is 1.63. The summed E-state index contributed by atoms with van der Waals surface area (Å²) in [6.07, 6.45) is 4.24. The Hall–Kier alpha value is -3.41. The number of anilines is 1. The van der Waals surface area contributed by atoms with Gasteiger partial charge in [-0.1, -0.05) is 0 Å². The number of aromatic amines is 1. The number of carbonyl (C=O) groups is 1. The molecule has 138 valence electrons. The average molecular weight is 365 g/mol. The fourth-order valence-corrected chi connectivity index (χ4v) is 3.45. The zero-order valence-electron chi connectivity index (χ0n) is 14.9. The number of aryl methyl sites for hydroxylation is 1. The van der Waals surface area contributed by atoms with Crippen LogP contribution in [0.25, 0.3) is 21.9 Å². The van der Waals surface area contributed by atoms with Gasteiger partial charge in [-0.2, -0.15) is 5.26 Å². The Morgan fingerprint density at radius 1 is 1.44 bits per heavy atom. The summed E-state index contributed by atoms with van der Waals surface area (Å²) in [6.45, 7) is 3.32. The molecule has 0 aliphatic carbocycles. The molecule has 1 fully saturated rings. The van der Waals surface area contributed by atoms with Crippen molar-refractivity contribution in [3.8, 4) is 6.07 Å². The molecule has 0 bridgehead atoms. The summed E-state index contributed by atoms with van der Waals surface area (Å²) in [5.74, 6) is 1.71. The van der Waals surface area contributed by atoms with Crippen LogP contribution in [0, 0.1) is 18.3 Å². The van der Waals surface area contributed by atoms with Gasteiger partial charge in [0, 0.05) is 37.5 Å². The number of rotatable bonds is 3. The third-order valence-electron chi connectivity index (χ3n) is 4.67. The van der Waals surface area contributed by atoms with Crippen molar-refractivity contribution in [1.29, 1.82) is 5.26 Å². The third-order valence-corrected chi connectivity index (χ3v) is 4.67. The summed E-state index contributed by atoms with van der Waals surface area (Å²) in [5, 5.41) is 12.9. The fraction of sp³-hybridized carbons (Fsp3) is 0.389. The van der Waals surface area contributed by atoms with E-state index < -0.39 is 6.09 Å². The number of aromatic nitrogens is 4. The number of fused-ring (bicyclic) bond motifs is 3. The number of hydrogen-bond acceptors (Lipinski definition) is 7. The molecule has 2 N–H and O–H groups in total. The van der Waals surface area contributed by atoms with Gasteiger partial charge in [-0.3, -0.25) is 0 Å². The highest BCUT2D eigenvalue weighted by Gasteiger charge is 2.25. The molecule has 1 saturated heterocycles. The first-order valence-corrected chi connectivity index (χ1v) is 8.82. The van der Waals surface area contributed by atoms with Gasteiger partial charge in [-0.05, 0) is 13.0 Å². The minimum Gasteiger partial charge on any atom is -0.446 e. The number of pyridine rings is 1. The van der Waals surface area contributed by atoms with Crippen LogP contribution in [0.15, 0.2) is 18.5 Å². The molecule has 1 aliphatic rings. The summed E-state index contributed by atoms with van der Waals surface area (Å²) in [6, 6.07) is 3.81. The quantitative estimate of drug-likeness (QED) is 0.681. The van der Waals surface area contributed by atoms with Crippen LogP contribution in [0.3, 0.4) is 0 Å². The number of alkyl carbamates (subject to hydrolysis) is 1. The van der Waals surface area contributed by atoms with E-state index >= 15 is 0 Å². The second-order valence-corrected chi connectivity index (χ2v) is 6.48. The SMILES string of the molecule is Cc1nc(N2CCC(OC(=O)NCC#N)CC2)c2c(cnc3nccc32)[nH]1. The van der Waals surface area contributed by atoms with Crippen molar-refractivity contribution >= 4 is 33.8 Å². The fourth-order valence-electron chi connectivity index (χ4n) is 3.45. The molecule has 9 heteroatoms. The number of H-pyrrole nitrogens is 1. The molecule has 0 saturated carbocycles. The van der Waals surface area contributed by atoms with Gasteiger partial charge in [0.15, 0.2) is 5.65 Å². The lowest BCUT2D eigenvalue weighted by Crippen LogP contribution is -2.40. The minimum absolute atomic E-state index is 0.0505. The van der Waals surface area contributed by atoms with Gasteiger partial charge in [-0.15, -0.1) is 0 Å². The largest absolute Gasteiger partial charge is 0.446 e. The normalized spacial score (nSPS) is 15.0. The number of nitrogens with one attached hydrogen (secondary N) is 2. The zero-order valence-corrected chi connectivity index (χ0v) is 14.9. The first-order chi connectivity index (χ1) is 13.2. The Kier molecular flexibility index (Phi) is 4.46. The van der Waals surface area contributed by atoms with Crippen molar-refractivity contribution in [3.05, 3.63) is 24.3 Å². The van der Waals surface area contributed by atoms with Crippen molar-refractivity contribution in [2.45, 2.75) is 25.9 Å². The van der Waals surface area contributed by atoms with Crippen LogP contribution in [0.1, 0.15) is 18.7 Å². The van der Waals surface area contributed by atoms with E-state index in [0.29, 0.717) is 18.5 Å². The van der Waals surface area contributed by atoms with E-state index in [4.69, 9.17) is 15.0 Å². The van der Waals surface area contributed by atoms with Gasteiger partial charge >= 0.3 is 6.09 Å². The van der Waals surface area contributed by atoms with Gasteiger partial charge in [0.05, 0.1) is 23.2 Å². The maximum Gasteiger partial charge on any atom is 0.408 e. The van der Waals surface area contributed by atoms with Gasteiger partial charge in [0.1, 0.15) is 24.3 Å². The second-order valence-electron chi connectivity index (χ2n) is 6.48. The molecule has 4 heterocycles. The smallest absolute Gasteiger partial charge is 0.408 e. The van der Waals surface area contributed by atoms with Gasteiger partial charge in [0.25, 0.3) is 0 Å². The van der Waals surface area contributed by atoms with E-state index in [-0.39, 0.29) is 12.6 Å². The maximum absolute atomic E-state index is 11.6. The Bertz CT molecular complexity index is 1030. The van der Waals surface area contributed by atoms with Crippen molar-refractivity contribution in [1.82, 2.24) is 25.3 Å². The minimum atomic E-state index is -0.542. The van der Waals surface area contributed by atoms with Crippen LogP contribution >= 0.6 is 0 Å². The van der Waals surface area contributed by atoms with Crippen LogP contribution in [0.2, 0.25) is 0 Å². The molecule has 0 atom stereocenters. The molecule has 9 nitrogen and oxygen atoms in total. The number of nitriles is 1. The number of hydrogen-bond donors (Lipinski definition) is 2. The van der Waals surface area contributed by atoms with Crippen LogP contribution in [0.4, 0.5) is 10.6 Å². The molecule has 0 spiro atoms. The molecule has 1 amide bonds. The topological polar surface area (TPSA) is 120 Å². The summed E-state index contributed by atoms with van der Waals surface area (Å²) in [7, 11) is 0. The Balaban J connectivity index is 1.56. The number of nitrogens with zero attached hydrogens (tertiary/aromatic N) is 5. The van der Waals surface area contributed by atoms with Crippen molar-refractivity contribution in [3.63, 3.8) is 0 Å². The zero-order chi connectivity index (χ0) is 18.8. The second kappa shape index (κ2) is 7.07. The standard InChI is InChI=1S/C18H19N7O2/c1-11-23-14-10-22-16-13(2-6-20-16)15(14)17(24-11)25-8-3-12(4-9-25)27-18(26)21-7-5-19/h2,6,10,12H,3-4,7-9H2,1H3,(H,21,26)(H,23,24). The first kappa shape index (κ1) is 17.0. The summed E-state index contributed by atoms with van der Waals surface area (Å²) < 4.78 is 5.37. The van der Waals surface area contributed by atoms with E-state index in [1.807, 2.05) is 19.1 Å². The molecule has 0 unspecified atom stereocenters. The number of piperidine rings is 1. The predicted octanol–water partition coefficient (Wildman–Crippen LogP) is 2.03. The van der Waals surface area contributed by atoms with Crippen molar-refractivity contribution < 1.29 is 9.53 Å². The van der Waals surface area contributed by atoms with E-state index in [1.165, 1.54) is 0 Å². The Labute approximate surface area is 155 Å². The van der Waals surface area contributed by atoms with Crippen LogP contribution < -0.4 is 10.2 Å². The first-order valence-electron chi connectivity index (χ1n) is 8.82. The van der Waals surface area contributed by atoms with Crippen molar-refractivity contribution in [2.24, 2.45) is 0 Å². The van der Waals surface area contributed by atoms with E-state index in [0.717, 1.165) is 41.0 Å². The van der Waals surface area contributed by atoms with E-state index in [9.17, 15) is 4.79 Å². The van der Waals surface area contributed by atoms with E-state index in [1.54, 1.807) is 12.4 Å². The van der Waals surface area contributed by atoms with Crippen LogP contribution in [-0.4, -0.2) is 51.8 Å². The van der Waals surface area contributed by atoms with Gasteiger partial charge < -0.3 is 19.9 Å². The highest BCUT2D eigenvalue weighted by molar-refractivity contribution is 6.09. The van der Waals surface area contributed by atoms with E-state index in [2.05, 4.69) is 25.2 Å². The number of carbonyl (C=O) groups excluding carboxylic acids is 1. The molecule has 27 heavy (non-hydrogen) atoms. The average Bonchev–Trinajstić information content (AvgIpc) is 3.15. The highest BCUT2D eigenvalue weighted by Crippen LogP contribution is 2.31.